The molecular weight excluding hydrogens is 240 g/mol. The number of alkyl halides is 2. The minimum Gasteiger partial charge on any atom is -0.346 e. The van der Waals surface area contributed by atoms with Crippen molar-refractivity contribution in [2.24, 2.45) is 5.73 Å². The second kappa shape index (κ2) is 5.13. The number of rotatable bonds is 4. The molecule has 0 fully saturated rings. The topological polar surface area (TPSA) is 55.1 Å². The molecule has 0 aromatic heterocycles. The Bertz CT molecular complexity index is 423. The van der Waals surface area contributed by atoms with Crippen molar-refractivity contribution in [2.75, 3.05) is 13.1 Å². The van der Waals surface area contributed by atoms with Crippen molar-refractivity contribution in [1.29, 1.82) is 0 Å². The summed E-state index contributed by atoms with van der Waals surface area (Å²) in [6.07, 6.45) is 0. The van der Waals surface area contributed by atoms with Crippen LogP contribution in [0.3, 0.4) is 0 Å². The van der Waals surface area contributed by atoms with E-state index >= 15 is 0 Å². The van der Waals surface area contributed by atoms with Gasteiger partial charge in [-0.15, -0.1) is 0 Å². The standard InChI is InChI=1S/C10H10F4N2O/c11-7-2-1-6(3-8(7)12)9(17)16-5-10(13,14)4-15/h1-3H,4-5,15H2,(H,16,17). The Morgan fingerprint density at radius 3 is 2.47 bits per heavy atom. The molecule has 0 spiro atoms. The van der Waals surface area contributed by atoms with E-state index in [1.807, 2.05) is 5.32 Å². The first kappa shape index (κ1) is 13.4. The van der Waals surface area contributed by atoms with Crippen molar-refractivity contribution in [3.05, 3.63) is 35.4 Å². The summed E-state index contributed by atoms with van der Waals surface area (Å²) in [5, 5.41) is 1.88. The van der Waals surface area contributed by atoms with Crippen molar-refractivity contribution in [2.45, 2.75) is 5.92 Å². The molecule has 0 heterocycles. The summed E-state index contributed by atoms with van der Waals surface area (Å²) in [5.41, 5.74) is 4.53. The highest BCUT2D eigenvalue weighted by Gasteiger charge is 2.27. The van der Waals surface area contributed by atoms with Crippen LogP contribution in [0.25, 0.3) is 0 Å². The minimum absolute atomic E-state index is 0.239. The van der Waals surface area contributed by atoms with Crippen molar-refractivity contribution >= 4 is 5.91 Å². The van der Waals surface area contributed by atoms with Gasteiger partial charge in [0.2, 0.25) is 0 Å². The number of halogens is 4. The summed E-state index contributed by atoms with van der Waals surface area (Å²) in [6.45, 7) is -1.87. The van der Waals surface area contributed by atoms with E-state index in [-0.39, 0.29) is 5.56 Å². The fourth-order valence-electron chi connectivity index (χ4n) is 1.02. The van der Waals surface area contributed by atoms with Crippen molar-refractivity contribution in [3.8, 4) is 0 Å². The lowest BCUT2D eigenvalue weighted by molar-refractivity contribution is 0.0118. The van der Waals surface area contributed by atoms with Crippen LogP contribution in [0, 0.1) is 11.6 Å². The zero-order chi connectivity index (χ0) is 13.1. The molecule has 0 aliphatic carbocycles. The molecule has 94 valence electrons. The summed E-state index contributed by atoms with van der Waals surface area (Å²) in [5.74, 6) is -6.48. The van der Waals surface area contributed by atoms with Crippen LogP contribution in [0.2, 0.25) is 0 Å². The van der Waals surface area contributed by atoms with E-state index in [9.17, 15) is 22.4 Å². The highest BCUT2D eigenvalue weighted by Crippen LogP contribution is 2.11. The Morgan fingerprint density at radius 2 is 1.94 bits per heavy atom. The van der Waals surface area contributed by atoms with E-state index < -0.39 is 36.6 Å². The van der Waals surface area contributed by atoms with Crippen LogP contribution in [-0.2, 0) is 0 Å². The first-order chi connectivity index (χ1) is 7.85. The maximum Gasteiger partial charge on any atom is 0.277 e. The fourth-order valence-corrected chi connectivity index (χ4v) is 1.02. The molecule has 7 heteroatoms. The maximum absolute atomic E-state index is 12.8. The van der Waals surface area contributed by atoms with Crippen molar-refractivity contribution in [3.63, 3.8) is 0 Å². The zero-order valence-corrected chi connectivity index (χ0v) is 8.64. The number of nitrogens with two attached hydrogens (primary N) is 1. The lowest BCUT2D eigenvalue weighted by atomic mass is 10.2. The molecule has 0 bridgehead atoms. The van der Waals surface area contributed by atoms with Crippen LogP contribution in [-0.4, -0.2) is 24.9 Å². The first-order valence-corrected chi connectivity index (χ1v) is 4.67. The van der Waals surface area contributed by atoms with E-state index in [0.717, 1.165) is 12.1 Å². The number of carbonyl (C=O) groups is 1. The molecule has 1 aromatic carbocycles. The van der Waals surface area contributed by atoms with Gasteiger partial charge in [0.1, 0.15) is 0 Å². The number of amides is 1. The highest BCUT2D eigenvalue weighted by molar-refractivity contribution is 5.94. The molecule has 3 N–H and O–H groups in total. The van der Waals surface area contributed by atoms with Gasteiger partial charge in [-0.05, 0) is 18.2 Å². The number of benzene rings is 1. The van der Waals surface area contributed by atoms with Gasteiger partial charge >= 0.3 is 0 Å². The van der Waals surface area contributed by atoms with E-state index in [4.69, 9.17) is 5.73 Å². The smallest absolute Gasteiger partial charge is 0.277 e. The molecule has 0 saturated carbocycles. The van der Waals surface area contributed by atoms with Gasteiger partial charge in [0, 0.05) is 5.56 Å². The third-order valence-electron chi connectivity index (χ3n) is 1.99. The van der Waals surface area contributed by atoms with Crippen LogP contribution in [0.5, 0.6) is 0 Å². The molecule has 1 amide bonds. The number of hydrogen-bond donors (Lipinski definition) is 2. The van der Waals surface area contributed by atoms with Crippen LogP contribution < -0.4 is 11.1 Å². The monoisotopic (exact) mass is 250 g/mol. The maximum atomic E-state index is 12.8. The van der Waals surface area contributed by atoms with E-state index in [1.165, 1.54) is 0 Å². The average molecular weight is 250 g/mol. The Labute approximate surface area is 94.6 Å². The molecule has 0 unspecified atom stereocenters. The van der Waals surface area contributed by atoms with Crippen LogP contribution in [0.4, 0.5) is 17.6 Å². The molecule has 0 aliphatic rings. The minimum atomic E-state index is -3.23. The molecule has 17 heavy (non-hydrogen) atoms. The van der Waals surface area contributed by atoms with Gasteiger partial charge in [-0.3, -0.25) is 4.79 Å². The van der Waals surface area contributed by atoms with Crippen LogP contribution in [0.1, 0.15) is 10.4 Å². The SMILES string of the molecule is NCC(F)(F)CNC(=O)c1ccc(F)c(F)c1. The molecule has 1 rings (SSSR count). The Morgan fingerprint density at radius 1 is 1.29 bits per heavy atom. The van der Waals surface area contributed by atoms with E-state index in [0.29, 0.717) is 6.07 Å². The molecule has 0 aliphatic heterocycles. The first-order valence-electron chi connectivity index (χ1n) is 4.67. The molecule has 0 atom stereocenters. The van der Waals surface area contributed by atoms with Gasteiger partial charge < -0.3 is 11.1 Å². The summed E-state index contributed by atoms with van der Waals surface area (Å²) in [6, 6.07) is 2.37. The quantitative estimate of drug-likeness (QED) is 0.791. The van der Waals surface area contributed by atoms with Crippen molar-refractivity contribution < 1.29 is 22.4 Å². The molecule has 0 saturated heterocycles. The van der Waals surface area contributed by atoms with Gasteiger partial charge in [-0.1, -0.05) is 0 Å². The summed E-state index contributed by atoms with van der Waals surface area (Å²) < 4.78 is 50.7. The van der Waals surface area contributed by atoms with E-state index in [1.54, 1.807) is 0 Å². The fraction of sp³-hybridized carbons (Fsp3) is 0.300. The largest absolute Gasteiger partial charge is 0.346 e. The zero-order valence-electron chi connectivity index (χ0n) is 8.64. The van der Waals surface area contributed by atoms with E-state index in [2.05, 4.69) is 0 Å². The van der Waals surface area contributed by atoms with Crippen LogP contribution >= 0.6 is 0 Å². The third kappa shape index (κ3) is 3.70. The van der Waals surface area contributed by atoms with Gasteiger partial charge in [-0.25, -0.2) is 17.6 Å². The predicted molar refractivity (Wildman–Crippen MR) is 52.7 cm³/mol. The molecule has 0 radical (unpaired) electrons. The highest BCUT2D eigenvalue weighted by atomic mass is 19.3. The number of nitrogens with one attached hydrogen (secondary N) is 1. The van der Waals surface area contributed by atoms with Gasteiger partial charge in [0.15, 0.2) is 11.6 Å². The van der Waals surface area contributed by atoms with Gasteiger partial charge in [-0.2, -0.15) is 0 Å². The predicted octanol–water partition coefficient (Wildman–Crippen LogP) is 1.29. The average Bonchev–Trinajstić information content (AvgIpc) is 2.30. The Balaban J connectivity index is 2.68. The van der Waals surface area contributed by atoms with Gasteiger partial charge in [0.05, 0.1) is 13.1 Å². The summed E-state index contributed by atoms with van der Waals surface area (Å²) in [7, 11) is 0. The number of hydrogen-bond acceptors (Lipinski definition) is 2. The summed E-state index contributed by atoms with van der Waals surface area (Å²) in [4.78, 5) is 11.3. The summed E-state index contributed by atoms with van der Waals surface area (Å²) >= 11 is 0. The molecular formula is C10H10F4N2O. The normalized spacial score (nSPS) is 11.4. The lowest BCUT2D eigenvalue weighted by Crippen LogP contribution is -2.41. The molecule has 3 nitrogen and oxygen atoms in total. The Kier molecular flexibility index (Phi) is 4.06. The third-order valence-corrected chi connectivity index (χ3v) is 1.99. The second-order valence-electron chi connectivity index (χ2n) is 3.37. The Hall–Kier alpha value is -1.63. The molecule has 1 aromatic rings. The van der Waals surface area contributed by atoms with Crippen molar-refractivity contribution in [1.82, 2.24) is 5.32 Å². The number of carbonyl (C=O) groups excluding carboxylic acids is 1. The second-order valence-corrected chi connectivity index (χ2v) is 3.37. The van der Waals surface area contributed by atoms with Gasteiger partial charge in [0.25, 0.3) is 11.8 Å². The van der Waals surface area contributed by atoms with Crippen LogP contribution in [0.15, 0.2) is 18.2 Å². The lowest BCUT2D eigenvalue weighted by Gasteiger charge is -2.14.